The van der Waals surface area contributed by atoms with Gasteiger partial charge < -0.3 is 4.52 Å². The van der Waals surface area contributed by atoms with Crippen LogP contribution < -0.4 is 0 Å². The molecule has 0 aliphatic carbocycles. The summed E-state index contributed by atoms with van der Waals surface area (Å²) in [6, 6.07) is 0. The van der Waals surface area contributed by atoms with Gasteiger partial charge >= 0.3 is 0 Å². The standard InChI is InChI=1S/C8H11Cl2O2P/c1-4-7(9)12-13(11,6-3)8(10)5-2/h4-8H,1-3H2. The zero-order valence-corrected chi connectivity index (χ0v) is 9.43. The molecule has 3 atom stereocenters. The van der Waals surface area contributed by atoms with E-state index in [4.69, 9.17) is 27.7 Å². The van der Waals surface area contributed by atoms with Gasteiger partial charge in [-0.3, -0.25) is 4.57 Å². The van der Waals surface area contributed by atoms with Gasteiger partial charge in [-0.05, 0) is 11.9 Å². The van der Waals surface area contributed by atoms with Crippen LogP contribution in [0.5, 0.6) is 0 Å². The Morgan fingerprint density at radius 2 is 1.77 bits per heavy atom. The second-order valence-electron chi connectivity index (χ2n) is 2.13. The monoisotopic (exact) mass is 240 g/mol. The molecule has 0 fully saturated rings. The van der Waals surface area contributed by atoms with Crippen LogP contribution in [0.15, 0.2) is 37.7 Å². The number of hydrogen-bond donors (Lipinski definition) is 0. The quantitative estimate of drug-likeness (QED) is 0.400. The Labute approximate surface area is 88.3 Å². The largest absolute Gasteiger partial charge is 0.301 e. The number of hydrogen-bond acceptors (Lipinski definition) is 2. The lowest BCUT2D eigenvalue weighted by Gasteiger charge is -2.18. The van der Waals surface area contributed by atoms with Crippen molar-refractivity contribution >= 4 is 30.6 Å². The third-order valence-corrected chi connectivity index (χ3v) is 4.59. The Hall–Kier alpha value is -0.0100. The molecule has 0 aromatic carbocycles. The highest BCUT2D eigenvalue weighted by Gasteiger charge is 2.29. The summed E-state index contributed by atoms with van der Waals surface area (Å²) in [7, 11) is -3.16. The van der Waals surface area contributed by atoms with E-state index >= 15 is 0 Å². The molecule has 0 radical (unpaired) electrons. The van der Waals surface area contributed by atoms with E-state index in [-0.39, 0.29) is 0 Å². The van der Waals surface area contributed by atoms with E-state index in [0.717, 1.165) is 5.82 Å². The van der Waals surface area contributed by atoms with Crippen LogP contribution in [0.25, 0.3) is 0 Å². The molecule has 13 heavy (non-hydrogen) atoms. The molecule has 2 nitrogen and oxygen atoms in total. The molecule has 0 saturated heterocycles. The molecule has 0 heterocycles. The molecule has 0 rings (SSSR count). The molecule has 0 aliphatic rings. The maximum atomic E-state index is 11.8. The lowest BCUT2D eigenvalue weighted by atomic mass is 10.7. The van der Waals surface area contributed by atoms with E-state index in [1.54, 1.807) is 0 Å². The minimum absolute atomic E-state index is 0.814. The first-order valence-electron chi connectivity index (χ1n) is 3.45. The summed E-state index contributed by atoms with van der Waals surface area (Å²) in [5.74, 6) is 1.16. The van der Waals surface area contributed by atoms with Gasteiger partial charge in [-0.25, -0.2) is 0 Å². The van der Waals surface area contributed by atoms with Crippen LogP contribution in [-0.2, 0) is 9.09 Å². The number of rotatable bonds is 6. The Morgan fingerprint density at radius 3 is 2.08 bits per heavy atom. The summed E-state index contributed by atoms with van der Waals surface area (Å²) in [6.45, 7) is 10.2. The summed E-state index contributed by atoms with van der Waals surface area (Å²) < 4.78 is 16.8. The van der Waals surface area contributed by atoms with Crippen molar-refractivity contribution < 1.29 is 9.09 Å². The molecular formula is C8H11Cl2O2P. The van der Waals surface area contributed by atoms with E-state index in [0.29, 0.717) is 0 Å². The van der Waals surface area contributed by atoms with Gasteiger partial charge in [0.15, 0.2) is 5.56 Å². The predicted octanol–water partition coefficient (Wildman–Crippen LogP) is 3.93. The van der Waals surface area contributed by atoms with Crippen LogP contribution in [0.2, 0.25) is 0 Å². The first kappa shape index (κ1) is 13.0. The van der Waals surface area contributed by atoms with Crippen LogP contribution in [0.1, 0.15) is 0 Å². The molecule has 0 spiro atoms. The van der Waals surface area contributed by atoms with Crippen LogP contribution in [-0.4, -0.2) is 10.7 Å². The van der Waals surface area contributed by atoms with Crippen LogP contribution >= 0.6 is 30.6 Å². The average molecular weight is 241 g/mol. The van der Waals surface area contributed by atoms with Gasteiger partial charge in [-0.15, -0.1) is 18.2 Å². The molecule has 0 aromatic rings. The average Bonchev–Trinajstić information content (AvgIpc) is 2.15. The van der Waals surface area contributed by atoms with Gasteiger partial charge in [-0.2, -0.15) is 0 Å². The highest BCUT2D eigenvalue weighted by Crippen LogP contribution is 2.56. The van der Waals surface area contributed by atoms with E-state index < -0.39 is 18.1 Å². The van der Waals surface area contributed by atoms with Crippen molar-refractivity contribution in [2.24, 2.45) is 0 Å². The highest BCUT2D eigenvalue weighted by atomic mass is 35.5. The molecular weight excluding hydrogens is 230 g/mol. The molecule has 0 aromatic heterocycles. The summed E-state index contributed by atoms with van der Waals surface area (Å²) in [4.78, 5) is 0. The third kappa shape index (κ3) is 3.70. The third-order valence-electron chi connectivity index (χ3n) is 1.24. The second-order valence-corrected chi connectivity index (χ2v) is 5.76. The Kier molecular flexibility index (Phi) is 5.66. The molecule has 74 valence electrons. The van der Waals surface area contributed by atoms with Gasteiger partial charge in [0.25, 0.3) is 0 Å². The zero-order valence-electron chi connectivity index (χ0n) is 7.03. The van der Waals surface area contributed by atoms with Crippen molar-refractivity contribution in [3.05, 3.63) is 37.7 Å². The van der Waals surface area contributed by atoms with Crippen molar-refractivity contribution in [1.82, 2.24) is 0 Å². The van der Waals surface area contributed by atoms with E-state index in [2.05, 4.69) is 19.7 Å². The number of allylic oxidation sites excluding steroid dienone is 1. The molecule has 0 bridgehead atoms. The predicted molar refractivity (Wildman–Crippen MR) is 58.6 cm³/mol. The summed E-state index contributed by atoms with van der Waals surface area (Å²) in [5, 5.41) is -0.814. The first-order valence-corrected chi connectivity index (χ1v) is 6.08. The number of alkyl halides is 2. The Balaban J connectivity index is 4.64. The molecule has 0 amide bonds. The Morgan fingerprint density at radius 1 is 1.23 bits per heavy atom. The maximum Gasteiger partial charge on any atom is 0.247 e. The molecule has 0 saturated carbocycles. The first-order chi connectivity index (χ1) is 6.00. The van der Waals surface area contributed by atoms with Crippen molar-refractivity contribution in [1.29, 1.82) is 0 Å². The SMILES string of the molecule is C=CC(Cl)OP(=O)(C=C)C(Cl)C=C. The van der Waals surface area contributed by atoms with E-state index in [9.17, 15) is 4.57 Å². The normalized spacial score (nSPS) is 19.5. The minimum Gasteiger partial charge on any atom is -0.301 e. The summed E-state index contributed by atoms with van der Waals surface area (Å²) in [6.07, 6.45) is 2.63. The van der Waals surface area contributed by atoms with Gasteiger partial charge in [-0.1, -0.05) is 30.8 Å². The number of halogens is 2. The van der Waals surface area contributed by atoms with Crippen molar-refractivity contribution in [2.45, 2.75) is 10.7 Å². The van der Waals surface area contributed by atoms with Crippen molar-refractivity contribution in [2.75, 3.05) is 0 Å². The van der Waals surface area contributed by atoms with Crippen molar-refractivity contribution in [3.63, 3.8) is 0 Å². The molecule has 3 unspecified atom stereocenters. The van der Waals surface area contributed by atoms with Gasteiger partial charge in [0, 0.05) is 0 Å². The van der Waals surface area contributed by atoms with E-state index in [1.807, 2.05) is 0 Å². The van der Waals surface area contributed by atoms with Gasteiger partial charge in [0.05, 0.1) is 0 Å². The second kappa shape index (κ2) is 5.66. The molecule has 0 aliphatic heterocycles. The van der Waals surface area contributed by atoms with Crippen LogP contribution in [0, 0.1) is 0 Å². The van der Waals surface area contributed by atoms with Gasteiger partial charge in [0.1, 0.15) is 5.12 Å². The van der Waals surface area contributed by atoms with Crippen molar-refractivity contribution in [3.8, 4) is 0 Å². The Bertz CT molecular complexity index is 253. The molecule has 5 heteroatoms. The highest BCUT2D eigenvalue weighted by molar-refractivity contribution is 7.64. The fourth-order valence-electron chi connectivity index (χ4n) is 0.549. The van der Waals surface area contributed by atoms with Crippen LogP contribution in [0.3, 0.4) is 0 Å². The lowest BCUT2D eigenvalue weighted by molar-refractivity contribution is 0.328. The van der Waals surface area contributed by atoms with Crippen LogP contribution in [0.4, 0.5) is 0 Å². The summed E-state index contributed by atoms with van der Waals surface area (Å²) in [5.41, 5.74) is -0.843. The van der Waals surface area contributed by atoms with E-state index in [1.165, 1.54) is 12.2 Å². The minimum atomic E-state index is -3.16. The fraction of sp³-hybridized carbons (Fsp3) is 0.250. The smallest absolute Gasteiger partial charge is 0.247 e. The topological polar surface area (TPSA) is 26.3 Å². The zero-order chi connectivity index (χ0) is 10.5. The van der Waals surface area contributed by atoms with Gasteiger partial charge in [0.2, 0.25) is 7.37 Å². The lowest BCUT2D eigenvalue weighted by Crippen LogP contribution is -2.04. The summed E-state index contributed by atoms with van der Waals surface area (Å²) >= 11 is 11.3. The fourth-order valence-corrected chi connectivity index (χ4v) is 2.40. The molecule has 0 N–H and O–H groups in total. The maximum absolute atomic E-state index is 11.8.